The van der Waals surface area contributed by atoms with Crippen LogP contribution < -0.4 is 5.32 Å². The van der Waals surface area contributed by atoms with E-state index >= 15 is 0 Å². The molecule has 96 valence electrons. The molecule has 5 heteroatoms. The maximum absolute atomic E-state index is 12.1. The Morgan fingerprint density at radius 1 is 1.39 bits per heavy atom. The van der Waals surface area contributed by atoms with Gasteiger partial charge in [0.25, 0.3) is 0 Å². The minimum atomic E-state index is -0.881. The smallest absolute Gasteiger partial charge is 0.303 e. The summed E-state index contributed by atoms with van der Waals surface area (Å²) in [5.74, 6) is -1.36. The molecular weight excluding hydrogens is 232 g/mol. The SMILES string of the molecule is O=C(O)CCC(C(=O)NC1CC1)c1ccncc1. The van der Waals surface area contributed by atoms with Gasteiger partial charge in [-0.25, -0.2) is 0 Å². The van der Waals surface area contributed by atoms with Gasteiger partial charge in [0.15, 0.2) is 0 Å². The van der Waals surface area contributed by atoms with Crippen molar-refractivity contribution < 1.29 is 14.7 Å². The Bertz CT molecular complexity index is 429. The molecule has 1 aromatic heterocycles. The van der Waals surface area contributed by atoms with Crippen molar-refractivity contribution in [3.63, 3.8) is 0 Å². The van der Waals surface area contributed by atoms with Crippen LogP contribution in [-0.2, 0) is 9.59 Å². The summed E-state index contributed by atoms with van der Waals surface area (Å²) < 4.78 is 0. The zero-order valence-corrected chi connectivity index (χ0v) is 10.0. The number of aliphatic carboxylic acids is 1. The van der Waals surface area contributed by atoms with Crippen molar-refractivity contribution >= 4 is 11.9 Å². The summed E-state index contributed by atoms with van der Waals surface area (Å²) >= 11 is 0. The van der Waals surface area contributed by atoms with E-state index in [1.54, 1.807) is 24.5 Å². The van der Waals surface area contributed by atoms with Crippen LogP contribution in [0.1, 0.15) is 37.2 Å². The lowest BCUT2D eigenvalue weighted by Gasteiger charge is -2.16. The number of hydrogen-bond acceptors (Lipinski definition) is 3. The Balaban J connectivity index is 2.05. The number of hydrogen-bond donors (Lipinski definition) is 2. The number of amides is 1. The Labute approximate surface area is 105 Å². The zero-order chi connectivity index (χ0) is 13.0. The van der Waals surface area contributed by atoms with Crippen LogP contribution in [0.4, 0.5) is 0 Å². The van der Waals surface area contributed by atoms with Gasteiger partial charge in [-0.3, -0.25) is 14.6 Å². The number of nitrogens with zero attached hydrogens (tertiary/aromatic N) is 1. The number of carboxylic acid groups (broad SMARTS) is 1. The molecule has 0 spiro atoms. The van der Waals surface area contributed by atoms with Crippen LogP contribution in [0.2, 0.25) is 0 Å². The van der Waals surface area contributed by atoms with E-state index in [1.165, 1.54) is 0 Å². The first-order valence-electron chi connectivity index (χ1n) is 6.09. The summed E-state index contributed by atoms with van der Waals surface area (Å²) in [4.78, 5) is 26.6. The molecular formula is C13H16N2O3. The van der Waals surface area contributed by atoms with Gasteiger partial charge in [-0.2, -0.15) is 0 Å². The van der Waals surface area contributed by atoms with Crippen molar-refractivity contribution in [3.05, 3.63) is 30.1 Å². The van der Waals surface area contributed by atoms with Gasteiger partial charge in [0.1, 0.15) is 0 Å². The minimum absolute atomic E-state index is 0.00885. The van der Waals surface area contributed by atoms with Crippen molar-refractivity contribution in [2.75, 3.05) is 0 Å². The quantitative estimate of drug-likeness (QED) is 0.795. The molecule has 0 aliphatic heterocycles. The van der Waals surface area contributed by atoms with Crippen molar-refractivity contribution in [2.24, 2.45) is 0 Å². The first kappa shape index (κ1) is 12.5. The molecule has 1 saturated carbocycles. The van der Waals surface area contributed by atoms with Crippen LogP contribution in [0.15, 0.2) is 24.5 Å². The van der Waals surface area contributed by atoms with Gasteiger partial charge in [0.05, 0.1) is 5.92 Å². The number of pyridine rings is 1. The Morgan fingerprint density at radius 2 is 2.06 bits per heavy atom. The third kappa shape index (κ3) is 3.55. The number of nitrogens with one attached hydrogen (secondary N) is 1. The molecule has 1 aliphatic rings. The van der Waals surface area contributed by atoms with Crippen molar-refractivity contribution in [1.29, 1.82) is 0 Å². The normalized spacial score (nSPS) is 16.0. The number of carbonyl (C=O) groups excluding carboxylic acids is 1. The topological polar surface area (TPSA) is 79.3 Å². The summed E-state index contributed by atoms with van der Waals surface area (Å²) in [5.41, 5.74) is 0.824. The van der Waals surface area contributed by atoms with Crippen LogP contribution in [0.25, 0.3) is 0 Å². The van der Waals surface area contributed by atoms with E-state index in [4.69, 9.17) is 5.11 Å². The number of aromatic nitrogens is 1. The highest BCUT2D eigenvalue weighted by Crippen LogP contribution is 2.24. The first-order chi connectivity index (χ1) is 8.66. The van der Waals surface area contributed by atoms with Gasteiger partial charge in [-0.15, -0.1) is 0 Å². The molecule has 2 rings (SSSR count). The van der Waals surface area contributed by atoms with Crippen LogP contribution in [0.3, 0.4) is 0 Å². The van der Waals surface area contributed by atoms with Gasteiger partial charge in [-0.05, 0) is 37.0 Å². The molecule has 0 radical (unpaired) electrons. The molecule has 1 unspecified atom stereocenters. The first-order valence-corrected chi connectivity index (χ1v) is 6.09. The lowest BCUT2D eigenvalue weighted by Crippen LogP contribution is -2.31. The Kier molecular flexibility index (Phi) is 3.92. The minimum Gasteiger partial charge on any atom is -0.481 e. The number of carbonyl (C=O) groups is 2. The predicted octanol–water partition coefficient (Wildman–Crippen LogP) is 1.31. The second-order valence-corrected chi connectivity index (χ2v) is 4.55. The molecule has 1 heterocycles. The fraction of sp³-hybridized carbons (Fsp3) is 0.462. The van der Waals surface area contributed by atoms with Crippen molar-refractivity contribution in [3.8, 4) is 0 Å². The molecule has 1 fully saturated rings. The van der Waals surface area contributed by atoms with E-state index < -0.39 is 11.9 Å². The summed E-state index contributed by atoms with van der Waals surface area (Å²) in [5, 5.41) is 11.7. The zero-order valence-electron chi connectivity index (χ0n) is 10.0. The maximum atomic E-state index is 12.1. The third-order valence-electron chi connectivity index (χ3n) is 3.00. The van der Waals surface area contributed by atoms with Crippen molar-refractivity contribution in [1.82, 2.24) is 10.3 Å². The second kappa shape index (κ2) is 5.62. The Hall–Kier alpha value is -1.91. The van der Waals surface area contributed by atoms with Gasteiger partial charge in [-0.1, -0.05) is 0 Å². The Morgan fingerprint density at radius 3 is 2.61 bits per heavy atom. The van der Waals surface area contributed by atoms with Gasteiger partial charge in [0.2, 0.25) is 5.91 Å². The molecule has 0 saturated heterocycles. The van der Waals surface area contributed by atoms with Gasteiger partial charge < -0.3 is 10.4 Å². The van der Waals surface area contributed by atoms with Crippen molar-refractivity contribution in [2.45, 2.75) is 37.6 Å². The van der Waals surface area contributed by atoms with E-state index in [9.17, 15) is 9.59 Å². The van der Waals surface area contributed by atoms with E-state index in [1.807, 2.05) is 0 Å². The lowest BCUT2D eigenvalue weighted by atomic mass is 9.94. The van der Waals surface area contributed by atoms with Crippen LogP contribution in [-0.4, -0.2) is 28.0 Å². The standard InChI is InChI=1S/C13H16N2O3/c16-12(17)4-3-11(9-5-7-14-8-6-9)13(18)15-10-1-2-10/h5-8,10-11H,1-4H2,(H,15,18)(H,16,17). The summed E-state index contributed by atoms with van der Waals surface area (Å²) in [6.45, 7) is 0. The van der Waals surface area contributed by atoms with E-state index in [0.717, 1.165) is 18.4 Å². The molecule has 5 nitrogen and oxygen atoms in total. The number of carboxylic acids is 1. The lowest BCUT2D eigenvalue weighted by molar-refractivity contribution is -0.137. The predicted molar refractivity (Wildman–Crippen MR) is 65.0 cm³/mol. The highest BCUT2D eigenvalue weighted by molar-refractivity contribution is 5.84. The fourth-order valence-corrected chi connectivity index (χ4v) is 1.84. The summed E-state index contributed by atoms with van der Waals surface area (Å²) in [7, 11) is 0. The number of rotatable bonds is 6. The third-order valence-corrected chi connectivity index (χ3v) is 3.00. The second-order valence-electron chi connectivity index (χ2n) is 4.55. The van der Waals surface area contributed by atoms with Crippen LogP contribution >= 0.6 is 0 Å². The highest BCUT2D eigenvalue weighted by atomic mass is 16.4. The largest absolute Gasteiger partial charge is 0.481 e. The average molecular weight is 248 g/mol. The molecule has 1 aliphatic carbocycles. The molecule has 18 heavy (non-hydrogen) atoms. The molecule has 1 atom stereocenters. The highest BCUT2D eigenvalue weighted by Gasteiger charge is 2.28. The average Bonchev–Trinajstić information content (AvgIpc) is 3.14. The van der Waals surface area contributed by atoms with E-state index in [2.05, 4.69) is 10.3 Å². The van der Waals surface area contributed by atoms with Crippen LogP contribution in [0.5, 0.6) is 0 Å². The monoisotopic (exact) mass is 248 g/mol. The van der Waals surface area contributed by atoms with E-state index in [-0.39, 0.29) is 18.4 Å². The summed E-state index contributed by atoms with van der Waals surface area (Å²) in [6, 6.07) is 3.81. The van der Waals surface area contributed by atoms with Gasteiger partial charge in [0, 0.05) is 24.9 Å². The molecule has 0 bridgehead atoms. The molecule has 1 aromatic rings. The maximum Gasteiger partial charge on any atom is 0.303 e. The summed E-state index contributed by atoms with van der Waals surface area (Å²) in [6.07, 6.45) is 5.59. The molecule has 0 aromatic carbocycles. The van der Waals surface area contributed by atoms with Crippen LogP contribution in [0, 0.1) is 0 Å². The molecule has 1 amide bonds. The molecule has 2 N–H and O–H groups in total. The van der Waals surface area contributed by atoms with Gasteiger partial charge >= 0.3 is 5.97 Å². The van der Waals surface area contributed by atoms with E-state index in [0.29, 0.717) is 6.42 Å². The fourth-order valence-electron chi connectivity index (χ4n) is 1.84.